The summed E-state index contributed by atoms with van der Waals surface area (Å²) in [5.41, 5.74) is -0.0186. The molecular weight excluding hydrogens is 200 g/mol. The van der Waals surface area contributed by atoms with Crippen LogP contribution in [0.2, 0.25) is 0 Å². The molecule has 0 amide bonds. The van der Waals surface area contributed by atoms with Crippen molar-refractivity contribution < 1.29 is 9.90 Å². The van der Waals surface area contributed by atoms with Gasteiger partial charge in [-0.1, -0.05) is 44.2 Å². The number of benzene rings is 1. The molecule has 0 heterocycles. The molecule has 1 N–H and O–H groups in total. The molecule has 16 heavy (non-hydrogen) atoms. The summed E-state index contributed by atoms with van der Waals surface area (Å²) in [5, 5.41) is 9.43. The van der Waals surface area contributed by atoms with Crippen LogP contribution in [-0.4, -0.2) is 11.1 Å². The molecule has 1 radical (unpaired) electrons. The highest BCUT2D eigenvalue weighted by atomic mass is 16.4. The van der Waals surface area contributed by atoms with Crippen molar-refractivity contribution in [3.63, 3.8) is 0 Å². The largest absolute Gasteiger partial charge is 0.481 e. The van der Waals surface area contributed by atoms with Crippen LogP contribution in [0.5, 0.6) is 0 Å². The zero-order valence-electron chi connectivity index (χ0n) is 9.73. The molecule has 1 saturated carbocycles. The predicted octanol–water partition coefficient (Wildman–Crippen LogP) is 3.11. The average molecular weight is 217 g/mol. The Bertz CT molecular complexity index is 402. The van der Waals surface area contributed by atoms with Gasteiger partial charge in [-0.15, -0.1) is 0 Å². The summed E-state index contributed by atoms with van der Waals surface area (Å²) in [6.45, 7) is 7.83. The van der Waals surface area contributed by atoms with E-state index in [9.17, 15) is 9.90 Å². The predicted molar refractivity (Wildman–Crippen MR) is 63.0 cm³/mol. The minimum atomic E-state index is -0.721. The minimum Gasteiger partial charge on any atom is -0.481 e. The van der Waals surface area contributed by atoms with Crippen LogP contribution in [0, 0.1) is 17.8 Å². The van der Waals surface area contributed by atoms with E-state index in [-0.39, 0.29) is 5.92 Å². The van der Waals surface area contributed by atoms with E-state index in [1.807, 2.05) is 44.2 Å². The van der Waals surface area contributed by atoms with E-state index >= 15 is 0 Å². The number of carbonyl (C=O) groups is 1. The molecular formula is C14H17O2. The molecule has 2 unspecified atom stereocenters. The Morgan fingerprint density at radius 1 is 1.44 bits per heavy atom. The van der Waals surface area contributed by atoms with Crippen molar-refractivity contribution in [2.45, 2.75) is 26.2 Å². The summed E-state index contributed by atoms with van der Waals surface area (Å²) in [6, 6.07) is 9.86. The molecule has 0 aliphatic heterocycles. The van der Waals surface area contributed by atoms with Crippen LogP contribution >= 0.6 is 0 Å². The second-order valence-corrected chi connectivity index (χ2v) is 5.33. The van der Waals surface area contributed by atoms with E-state index in [1.165, 1.54) is 0 Å². The molecule has 2 heteroatoms. The quantitative estimate of drug-likeness (QED) is 0.844. The van der Waals surface area contributed by atoms with E-state index in [1.54, 1.807) is 0 Å². The summed E-state index contributed by atoms with van der Waals surface area (Å²) >= 11 is 0. The maximum atomic E-state index is 11.5. The topological polar surface area (TPSA) is 37.3 Å². The first kappa shape index (κ1) is 11.2. The fourth-order valence-electron chi connectivity index (χ4n) is 2.62. The monoisotopic (exact) mass is 217 g/mol. The summed E-state index contributed by atoms with van der Waals surface area (Å²) in [6.07, 6.45) is 0.697. The van der Waals surface area contributed by atoms with E-state index in [2.05, 4.69) is 6.92 Å². The third-order valence-electron chi connectivity index (χ3n) is 3.75. The van der Waals surface area contributed by atoms with E-state index in [4.69, 9.17) is 0 Å². The van der Waals surface area contributed by atoms with Crippen LogP contribution in [0.4, 0.5) is 0 Å². The van der Waals surface area contributed by atoms with Gasteiger partial charge in [0, 0.05) is 5.92 Å². The second kappa shape index (κ2) is 3.34. The van der Waals surface area contributed by atoms with Crippen LogP contribution in [-0.2, 0) is 4.79 Å². The Labute approximate surface area is 96.3 Å². The summed E-state index contributed by atoms with van der Waals surface area (Å²) < 4.78 is 0. The smallest absolute Gasteiger partial charge is 0.310 e. The third-order valence-corrected chi connectivity index (χ3v) is 3.75. The van der Waals surface area contributed by atoms with Crippen molar-refractivity contribution in [3.8, 4) is 0 Å². The standard InChI is InChI=1S/C14H17O2/c1-13(2,3)14(12(15)16)9-11(14)10-7-5-4-6-8-10/h4-8,11H,1,9H2,2-3H3,(H,15,16). The molecule has 2 rings (SSSR count). The molecule has 2 atom stereocenters. The van der Waals surface area contributed by atoms with Gasteiger partial charge in [0.15, 0.2) is 0 Å². The second-order valence-electron chi connectivity index (χ2n) is 5.33. The molecule has 2 nitrogen and oxygen atoms in total. The molecule has 1 aromatic carbocycles. The van der Waals surface area contributed by atoms with Gasteiger partial charge >= 0.3 is 5.97 Å². The van der Waals surface area contributed by atoms with Gasteiger partial charge in [0.2, 0.25) is 0 Å². The summed E-state index contributed by atoms with van der Waals surface area (Å²) in [4.78, 5) is 11.5. The molecule has 0 spiro atoms. The highest BCUT2D eigenvalue weighted by Crippen LogP contribution is 2.68. The zero-order valence-corrected chi connectivity index (χ0v) is 9.73. The number of aliphatic carboxylic acids is 1. The molecule has 0 bridgehead atoms. The molecule has 1 aromatic rings. The first-order valence-electron chi connectivity index (χ1n) is 5.53. The Hall–Kier alpha value is -1.31. The van der Waals surface area contributed by atoms with Crippen LogP contribution in [0.1, 0.15) is 31.7 Å². The SMILES string of the molecule is [CH2]C(C)(C)C1(C(=O)O)CC1c1ccccc1. The van der Waals surface area contributed by atoms with Crippen molar-refractivity contribution in [2.75, 3.05) is 0 Å². The van der Waals surface area contributed by atoms with Crippen molar-refractivity contribution in [1.29, 1.82) is 0 Å². The number of rotatable bonds is 3. The van der Waals surface area contributed by atoms with Crippen molar-refractivity contribution >= 4 is 5.97 Å². The van der Waals surface area contributed by atoms with Crippen LogP contribution in [0.15, 0.2) is 30.3 Å². The lowest BCUT2D eigenvalue weighted by atomic mass is 9.75. The molecule has 0 saturated heterocycles. The minimum absolute atomic E-state index is 0.110. The van der Waals surface area contributed by atoms with Crippen molar-refractivity contribution in [1.82, 2.24) is 0 Å². The first-order valence-corrected chi connectivity index (χ1v) is 5.53. The summed E-state index contributed by atoms with van der Waals surface area (Å²) in [5.74, 6) is -0.611. The van der Waals surface area contributed by atoms with Gasteiger partial charge in [0.1, 0.15) is 0 Å². The Morgan fingerprint density at radius 2 is 2.00 bits per heavy atom. The number of carboxylic acid groups (broad SMARTS) is 1. The Kier molecular flexibility index (Phi) is 2.33. The fraction of sp³-hybridized carbons (Fsp3) is 0.429. The van der Waals surface area contributed by atoms with Crippen molar-refractivity contribution in [2.24, 2.45) is 10.8 Å². The maximum absolute atomic E-state index is 11.5. The normalized spacial score (nSPS) is 28.8. The molecule has 1 aliphatic carbocycles. The van der Waals surface area contributed by atoms with Gasteiger partial charge in [-0.3, -0.25) is 4.79 Å². The lowest BCUT2D eigenvalue weighted by Crippen LogP contribution is -2.32. The number of hydrogen-bond acceptors (Lipinski definition) is 1. The first-order chi connectivity index (χ1) is 7.39. The van der Waals surface area contributed by atoms with Crippen LogP contribution in [0.25, 0.3) is 0 Å². The Morgan fingerprint density at radius 3 is 2.38 bits per heavy atom. The average Bonchev–Trinajstić information content (AvgIpc) is 2.94. The van der Waals surface area contributed by atoms with Crippen LogP contribution in [0.3, 0.4) is 0 Å². The van der Waals surface area contributed by atoms with E-state index < -0.39 is 16.8 Å². The number of carboxylic acids is 1. The van der Waals surface area contributed by atoms with Gasteiger partial charge in [0.05, 0.1) is 5.41 Å². The zero-order chi connectivity index (χ0) is 12.0. The van der Waals surface area contributed by atoms with Gasteiger partial charge in [0.25, 0.3) is 0 Å². The van der Waals surface area contributed by atoms with E-state index in [0.29, 0.717) is 6.42 Å². The Balaban J connectivity index is 2.34. The molecule has 85 valence electrons. The third kappa shape index (κ3) is 1.44. The van der Waals surface area contributed by atoms with Gasteiger partial charge in [-0.05, 0) is 24.3 Å². The van der Waals surface area contributed by atoms with Crippen molar-refractivity contribution in [3.05, 3.63) is 42.8 Å². The van der Waals surface area contributed by atoms with E-state index in [0.717, 1.165) is 5.56 Å². The molecule has 1 fully saturated rings. The fourth-order valence-corrected chi connectivity index (χ4v) is 2.62. The molecule has 1 aliphatic rings. The van der Waals surface area contributed by atoms with Gasteiger partial charge in [-0.25, -0.2) is 0 Å². The lowest BCUT2D eigenvalue weighted by Gasteiger charge is -2.28. The summed E-state index contributed by atoms with van der Waals surface area (Å²) in [7, 11) is 0. The maximum Gasteiger partial charge on any atom is 0.310 e. The highest BCUT2D eigenvalue weighted by molar-refractivity contribution is 5.82. The lowest BCUT2D eigenvalue weighted by molar-refractivity contribution is -0.147. The van der Waals surface area contributed by atoms with Crippen LogP contribution < -0.4 is 0 Å². The van der Waals surface area contributed by atoms with Gasteiger partial charge in [-0.2, -0.15) is 0 Å². The number of hydrogen-bond donors (Lipinski definition) is 1. The highest BCUT2D eigenvalue weighted by Gasteiger charge is 2.67. The molecule has 0 aromatic heterocycles. The van der Waals surface area contributed by atoms with Gasteiger partial charge < -0.3 is 5.11 Å².